The first-order chi connectivity index (χ1) is 7.63. The average Bonchev–Trinajstić information content (AvgIpc) is 2.57. The van der Waals surface area contributed by atoms with Crippen molar-refractivity contribution < 1.29 is 0 Å². The van der Waals surface area contributed by atoms with Crippen LogP contribution >= 0.6 is 27.3 Å². The standard InChI is InChI=1S/C9H7BrN2OS.C2H6.CH4/c1-3-5-11-8(13)6-4(2)7(10)14-9(6)12-5;1-2;/h3H,1H2,2H3,(H,11,12,13);1-2H3;1H4. The molecule has 2 aromatic heterocycles. The fraction of sp³-hybridized carbons (Fsp3) is 0.333. The van der Waals surface area contributed by atoms with Gasteiger partial charge in [0.1, 0.15) is 10.7 Å². The largest absolute Gasteiger partial charge is 0.306 e. The van der Waals surface area contributed by atoms with Crippen molar-refractivity contribution in [2.24, 2.45) is 0 Å². The van der Waals surface area contributed by atoms with E-state index >= 15 is 0 Å². The molecule has 0 aliphatic heterocycles. The molecule has 0 aromatic carbocycles. The Balaban J connectivity index is 0.000000811. The van der Waals surface area contributed by atoms with Gasteiger partial charge in [-0.2, -0.15) is 0 Å². The van der Waals surface area contributed by atoms with Crippen LogP contribution in [0, 0.1) is 6.92 Å². The van der Waals surface area contributed by atoms with E-state index in [2.05, 4.69) is 32.5 Å². The molecule has 1 N–H and O–H groups in total. The minimum absolute atomic E-state index is 0. The van der Waals surface area contributed by atoms with Crippen LogP contribution in [0.15, 0.2) is 15.2 Å². The van der Waals surface area contributed by atoms with Crippen LogP contribution in [0.4, 0.5) is 0 Å². The van der Waals surface area contributed by atoms with Crippen LogP contribution < -0.4 is 5.56 Å². The van der Waals surface area contributed by atoms with Crippen LogP contribution in [-0.2, 0) is 0 Å². The number of thiophene rings is 1. The van der Waals surface area contributed by atoms with E-state index < -0.39 is 0 Å². The number of nitrogens with one attached hydrogen (secondary N) is 1. The van der Waals surface area contributed by atoms with Crippen molar-refractivity contribution in [3.63, 3.8) is 0 Å². The van der Waals surface area contributed by atoms with Gasteiger partial charge in [-0.25, -0.2) is 4.98 Å². The third-order valence-corrected chi connectivity index (χ3v) is 4.01. The maximum atomic E-state index is 11.6. The molecule has 2 heterocycles. The molecule has 0 spiro atoms. The first-order valence-electron chi connectivity index (χ1n) is 4.95. The molecule has 2 aromatic rings. The smallest absolute Gasteiger partial charge is 0.260 e. The van der Waals surface area contributed by atoms with Crippen LogP contribution in [0.1, 0.15) is 32.7 Å². The fourth-order valence-electron chi connectivity index (χ4n) is 1.23. The zero-order chi connectivity index (χ0) is 12.3. The first kappa shape index (κ1) is 16.1. The van der Waals surface area contributed by atoms with E-state index in [1.165, 1.54) is 17.4 Å². The van der Waals surface area contributed by atoms with Crippen molar-refractivity contribution in [1.82, 2.24) is 9.97 Å². The molecule has 0 amide bonds. The van der Waals surface area contributed by atoms with Crippen molar-refractivity contribution in [3.05, 3.63) is 32.1 Å². The van der Waals surface area contributed by atoms with Gasteiger partial charge in [0, 0.05) is 0 Å². The highest BCUT2D eigenvalue weighted by Crippen LogP contribution is 2.31. The van der Waals surface area contributed by atoms with Crippen molar-refractivity contribution in [3.8, 4) is 0 Å². The lowest BCUT2D eigenvalue weighted by Crippen LogP contribution is -2.08. The highest BCUT2D eigenvalue weighted by atomic mass is 79.9. The SMILES string of the molecule is C.C=Cc1nc2sc(Br)c(C)c2c(=O)[nH]1.CC. The number of halogens is 1. The minimum atomic E-state index is -0.107. The van der Waals surface area contributed by atoms with Crippen LogP contribution in [0.3, 0.4) is 0 Å². The summed E-state index contributed by atoms with van der Waals surface area (Å²) >= 11 is 4.85. The van der Waals surface area contributed by atoms with Gasteiger partial charge in [0.05, 0.1) is 9.17 Å². The molecule has 3 nitrogen and oxygen atoms in total. The number of aromatic nitrogens is 2. The molecule has 0 bridgehead atoms. The van der Waals surface area contributed by atoms with Crippen LogP contribution in [0.5, 0.6) is 0 Å². The van der Waals surface area contributed by atoms with Gasteiger partial charge in [-0.05, 0) is 34.5 Å². The Hall–Kier alpha value is -0.940. The van der Waals surface area contributed by atoms with E-state index in [4.69, 9.17) is 0 Å². The van der Waals surface area contributed by atoms with E-state index in [1.807, 2.05) is 20.8 Å². The molecule has 0 saturated carbocycles. The third-order valence-electron chi connectivity index (χ3n) is 1.95. The zero-order valence-corrected chi connectivity index (χ0v) is 11.8. The van der Waals surface area contributed by atoms with E-state index in [9.17, 15) is 4.79 Å². The molecule has 2 rings (SSSR count). The van der Waals surface area contributed by atoms with Crippen LogP contribution in [0.2, 0.25) is 0 Å². The van der Waals surface area contributed by atoms with Crippen molar-refractivity contribution in [2.75, 3.05) is 0 Å². The van der Waals surface area contributed by atoms with Crippen molar-refractivity contribution in [1.29, 1.82) is 0 Å². The predicted molar refractivity (Wildman–Crippen MR) is 80.8 cm³/mol. The van der Waals surface area contributed by atoms with Gasteiger partial charge in [-0.1, -0.05) is 27.9 Å². The summed E-state index contributed by atoms with van der Waals surface area (Å²) < 4.78 is 0.951. The van der Waals surface area contributed by atoms with E-state index in [0.717, 1.165) is 14.2 Å². The second-order valence-corrected chi connectivity index (χ2v) is 5.15. The van der Waals surface area contributed by atoms with Gasteiger partial charge in [-0.3, -0.25) is 4.79 Å². The molecule has 0 aliphatic carbocycles. The highest BCUT2D eigenvalue weighted by molar-refractivity contribution is 9.11. The average molecular weight is 317 g/mol. The number of aryl methyl sites for hydroxylation is 1. The minimum Gasteiger partial charge on any atom is -0.306 e. The third kappa shape index (κ3) is 3.04. The quantitative estimate of drug-likeness (QED) is 0.849. The number of rotatable bonds is 1. The lowest BCUT2D eigenvalue weighted by Gasteiger charge is -1.93. The summed E-state index contributed by atoms with van der Waals surface area (Å²) in [6.45, 7) is 9.46. The lowest BCUT2D eigenvalue weighted by molar-refractivity contribution is 1.15. The summed E-state index contributed by atoms with van der Waals surface area (Å²) in [7, 11) is 0. The summed E-state index contributed by atoms with van der Waals surface area (Å²) in [6, 6.07) is 0. The Kier molecular flexibility index (Phi) is 6.34. The Morgan fingerprint density at radius 2 is 2.06 bits per heavy atom. The van der Waals surface area contributed by atoms with Crippen molar-refractivity contribution in [2.45, 2.75) is 28.2 Å². The number of nitrogens with zero attached hydrogens (tertiary/aromatic N) is 1. The Morgan fingerprint density at radius 3 is 2.59 bits per heavy atom. The molecule has 0 fully saturated rings. The Bertz CT molecular complexity index is 572. The van der Waals surface area contributed by atoms with E-state index in [1.54, 1.807) is 0 Å². The van der Waals surface area contributed by atoms with E-state index in [-0.39, 0.29) is 13.0 Å². The maximum Gasteiger partial charge on any atom is 0.260 e. The number of hydrogen-bond acceptors (Lipinski definition) is 3. The Morgan fingerprint density at radius 1 is 1.47 bits per heavy atom. The monoisotopic (exact) mass is 316 g/mol. The van der Waals surface area contributed by atoms with E-state index in [0.29, 0.717) is 11.2 Å². The number of aromatic amines is 1. The maximum absolute atomic E-state index is 11.6. The second-order valence-electron chi connectivity index (χ2n) is 2.84. The molecule has 5 heteroatoms. The normalized spacial score (nSPS) is 9.18. The highest BCUT2D eigenvalue weighted by Gasteiger charge is 2.11. The van der Waals surface area contributed by atoms with Gasteiger partial charge in [0.25, 0.3) is 5.56 Å². The predicted octanol–water partition coefficient (Wildman–Crippen LogP) is 4.36. The van der Waals surface area contributed by atoms with Gasteiger partial charge in [0.15, 0.2) is 0 Å². The van der Waals surface area contributed by atoms with Gasteiger partial charge < -0.3 is 4.98 Å². The van der Waals surface area contributed by atoms with Crippen LogP contribution in [0.25, 0.3) is 16.3 Å². The molecular weight excluding hydrogens is 300 g/mol. The summed E-state index contributed by atoms with van der Waals surface area (Å²) in [6.07, 6.45) is 1.53. The number of H-pyrrole nitrogens is 1. The Labute approximate surface area is 114 Å². The first-order valence-corrected chi connectivity index (χ1v) is 6.55. The molecule has 0 unspecified atom stereocenters. The summed E-state index contributed by atoms with van der Waals surface area (Å²) in [5.41, 5.74) is 0.832. The molecule has 17 heavy (non-hydrogen) atoms. The number of hydrogen-bond donors (Lipinski definition) is 1. The van der Waals surface area contributed by atoms with Crippen molar-refractivity contribution >= 4 is 43.6 Å². The molecule has 0 radical (unpaired) electrons. The van der Waals surface area contributed by atoms with Gasteiger partial charge in [0.2, 0.25) is 0 Å². The molecule has 0 saturated heterocycles. The molecular formula is C12H17BrN2OS. The van der Waals surface area contributed by atoms with Gasteiger partial charge >= 0.3 is 0 Å². The lowest BCUT2D eigenvalue weighted by atomic mass is 10.3. The van der Waals surface area contributed by atoms with Crippen LogP contribution in [-0.4, -0.2) is 9.97 Å². The summed E-state index contributed by atoms with van der Waals surface area (Å²) in [5.74, 6) is 0.510. The number of fused-ring (bicyclic) bond motifs is 1. The summed E-state index contributed by atoms with van der Waals surface area (Å²) in [4.78, 5) is 19.3. The summed E-state index contributed by atoms with van der Waals surface area (Å²) in [5, 5.41) is 0.660. The fourth-order valence-corrected chi connectivity index (χ4v) is 2.81. The molecule has 0 atom stereocenters. The molecule has 94 valence electrons. The van der Waals surface area contributed by atoms with Gasteiger partial charge in [-0.15, -0.1) is 11.3 Å². The zero-order valence-electron chi connectivity index (χ0n) is 9.43. The topological polar surface area (TPSA) is 45.8 Å². The molecule has 0 aliphatic rings. The second kappa shape index (κ2) is 6.71.